The molecule has 1 heterocycles. The number of methoxy groups -OCH3 is 1. The number of hydrogen-bond acceptors (Lipinski definition) is 4. The Morgan fingerprint density at radius 1 is 1.07 bits per heavy atom. The van der Waals surface area contributed by atoms with Crippen molar-refractivity contribution in [2.75, 3.05) is 14.2 Å². The Hall–Kier alpha value is -3.67. The maximum Gasteiger partial charge on any atom is 0.253 e. The van der Waals surface area contributed by atoms with Crippen molar-refractivity contribution in [1.29, 1.82) is 0 Å². The summed E-state index contributed by atoms with van der Waals surface area (Å²) >= 11 is 0. The van der Waals surface area contributed by atoms with Gasteiger partial charge in [0.05, 0.1) is 19.2 Å². The first kappa shape index (κ1) is 19.6. The summed E-state index contributed by atoms with van der Waals surface area (Å²) in [5.41, 5.74) is 5.70. The van der Waals surface area contributed by atoms with E-state index in [1.165, 1.54) is 0 Å². The topological polar surface area (TPSA) is 60.2 Å². The lowest BCUT2D eigenvalue weighted by Gasteiger charge is -2.19. The normalized spacial score (nSPS) is 10.9. The fourth-order valence-corrected chi connectivity index (χ4v) is 3.54. The Kier molecular flexibility index (Phi) is 5.48. The molecule has 0 saturated heterocycles. The number of rotatable bonds is 6. The third-order valence-electron chi connectivity index (χ3n) is 5.14. The van der Waals surface area contributed by atoms with Crippen LogP contribution in [0.4, 0.5) is 0 Å². The molecule has 1 amide bonds. The van der Waals surface area contributed by atoms with Crippen molar-refractivity contribution < 1.29 is 9.53 Å². The smallest absolute Gasteiger partial charge is 0.253 e. The van der Waals surface area contributed by atoms with Crippen LogP contribution < -0.4 is 4.74 Å². The molecule has 0 unspecified atom stereocenters. The second-order valence-electron chi connectivity index (χ2n) is 7.41. The minimum absolute atomic E-state index is 0.0312. The van der Waals surface area contributed by atoms with Gasteiger partial charge in [-0.3, -0.25) is 4.79 Å². The number of para-hydroxylation sites is 1. The fraction of sp³-hybridized carbons (Fsp3) is 0.208. The zero-order valence-corrected chi connectivity index (χ0v) is 17.4. The lowest BCUT2D eigenvalue weighted by Crippen LogP contribution is -2.26. The molecule has 0 fully saturated rings. The number of carbonyl (C=O) groups is 1. The summed E-state index contributed by atoms with van der Waals surface area (Å²) in [6.45, 7) is 3.11. The standard InChI is InChI=1S/C24H24N4O2/c1-17-8-13-23(30-3)20(14-17)16-27(2)24(29)19-11-9-18(10-12-19)15-28-22-7-5-4-6-21(22)25-26-28/h4-14H,15-16H2,1-3H3. The van der Waals surface area contributed by atoms with Gasteiger partial charge in [-0.25, -0.2) is 4.68 Å². The van der Waals surface area contributed by atoms with Crippen LogP contribution in [0.3, 0.4) is 0 Å². The van der Waals surface area contributed by atoms with Gasteiger partial charge in [0.15, 0.2) is 0 Å². The number of hydrogen-bond donors (Lipinski definition) is 0. The van der Waals surface area contributed by atoms with Gasteiger partial charge in [-0.05, 0) is 42.8 Å². The highest BCUT2D eigenvalue weighted by molar-refractivity contribution is 5.94. The van der Waals surface area contributed by atoms with Crippen molar-refractivity contribution in [2.45, 2.75) is 20.0 Å². The van der Waals surface area contributed by atoms with Gasteiger partial charge in [0.25, 0.3) is 5.91 Å². The minimum Gasteiger partial charge on any atom is -0.496 e. The molecule has 152 valence electrons. The molecular weight excluding hydrogens is 376 g/mol. The summed E-state index contributed by atoms with van der Waals surface area (Å²) in [6, 6.07) is 21.5. The summed E-state index contributed by atoms with van der Waals surface area (Å²) in [4.78, 5) is 14.6. The Balaban J connectivity index is 1.47. The van der Waals surface area contributed by atoms with E-state index in [1.807, 2.05) is 78.3 Å². The SMILES string of the molecule is COc1ccc(C)cc1CN(C)C(=O)c1ccc(Cn2nnc3ccccc32)cc1. The highest BCUT2D eigenvalue weighted by Gasteiger charge is 2.15. The number of ether oxygens (including phenoxy) is 1. The van der Waals surface area contributed by atoms with Crippen LogP contribution in [0.15, 0.2) is 66.7 Å². The summed E-state index contributed by atoms with van der Waals surface area (Å²) in [5.74, 6) is 0.756. The van der Waals surface area contributed by atoms with E-state index in [4.69, 9.17) is 4.74 Å². The molecule has 6 nitrogen and oxygen atoms in total. The molecule has 0 spiro atoms. The first-order valence-corrected chi connectivity index (χ1v) is 9.81. The highest BCUT2D eigenvalue weighted by atomic mass is 16.5. The van der Waals surface area contributed by atoms with E-state index in [1.54, 1.807) is 19.1 Å². The number of nitrogens with zero attached hydrogens (tertiary/aromatic N) is 4. The Bertz CT molecular complexity index is 1180. The number of fused-ring (bicyclic) bond motifs is 1. The van der Waals surface area contributed by atoms with E-state index in [-0.39, 0.29) is 5.91 Å². The van der Waals surface area contributed by atoms with Crippen molar-refractivity contribution >= 4 is 16.9 Å². The molecule has 30 heavy (non-hydrogen) atoms. The number of aryl methyl sites for hydroxylation is 1. The van der Waals surface area contributed by atoms with Crippen LogP contribution in [-0.4, -0.2) is 40.0 Å². The largest absolute Gasteiger partial charge is 0.496 e. The minimum atomic E-state index is -0.0312. The van der Waals surface area contributed by atoms with Gasteiger partial charge in [-0.1, -0.05) is 47.2 Å². The van der Waals surface area contributed by atoms with Crippen LogP contribution in [0.1, 0.15) is 27.0 Å². The predicted molar refractivity (Wildman–Crippen MR) is 117 cm³/mol. The number of amides is 1. The van der Waals surface area contributed by atoms with Crippen LogP contribution >= 0.6 is 0 Å². The van der Waals surface area contributed by atoms with Crippen molar-refractivity contribution in [3.63, 3.8) is 0 Å². The molecule has 3 aromatic carbocycles. The molecule has 4 aromatic rings. The summed E-state index contributed by atoms with van der Waals surface area (Å²) in [7, 11) is 3.45. The van der Waals surface area contributed by atoms with E-state index in [0.717, 1.165) is 33.5 Å². The second-order valence-corrected chi connectivity index (χ2v) is 7.41. The summed E-state index contributed by atoms with van der Waals surface area (Å²) in [5, 5.41) is 8.41. The molecule has 0 saturated carbocycles. The quantitative estimate of drug-likeness (QED) is 0.490. The third kappa shape index (κ3) is 4.03. The van der Waals surface area contributed by atoms with Crippen molar-refractivity contribution in [1.82, 2.24) is 19.9 Å². The molecule has 0 radical (unpaired) electrons. The third-order valence-corrected chi connectivity index (χ3v) is 5.14. The molecule has 1 aromatic heterocycles. The number of benzene rings is 3. The van der Waals surface area contributed by atoms with Gasteiger partial charge >= 0.3 is 0 Å². The van der Waals surface area contributed by atoms with Crippen LogP contribution in [0.5, 0.6) is 5.75 Å². The van der Waals surface area contributed by atoms with Crippen molar-refractivity contribution in [3.05, 3.63) is 89.0 Å². The van der Waals surface area contributed by atoms with Crippen LogP contribution in [0.25, 0.3) is 11.0 Å². The van der Waals surface area contributed by atoms with Crippen LogP contribution in [0.2, 0.25) is 0 Å². The molecular formula is C24H24N4O2. The van der Waals surface area contributed by atoms with Gasteiger partial charge in [-0.15, -0.1) is 5.10 Å². The molecule has 0 aliphatic heterocycles. The number of aromatic nitrogens is 3. The molecule has 6 heteroatoms. The number of carbonyl (C=O) groups excluding carboxylic acids is 1. The first-order chi connectivity index (χ1) is 14.5. The second kappa shape index (κ2) is 8.37. The van der Waals surface area contributed by atoms with Crippen LogP contribution in [0, 0.1) is 6.92 Å². The van der Waals surface area contributed by atoms with Gasteiger partial charge in [-0.2, -0.15) is 0 Å². The molecule has 0 aliphatic carbocycles. The van der Waals surface area contributed by atoms with Gasteiger partial charge in [0.1, 0.15) is 11.3 Å². The maximum atomic E-state index is 12.9. The van der Waals surface area contributed by atoms with E-state index in [0.29, 0.717) is 18.7 Å². The highest BCUT2D eigenvalue weighted by Crippen LogP contribution is 2.22. The Morgan fingerprint density at radius 2 is 1.83 bits per heavy atom. The van der Waals surface area contributed by atoms with E-state index in [2.05, 4.69) is 10.3 Å². The molecule has 0 bridgehead atoms. The van der Waals surface area contributed by atoms with Gasteiger partial charge in [0, 0.05) is 24.7 Å². The first-order valence-electron chi connectivity index (χ1n) is 9.81. The summed E-state index contributed by atoms with van der Waals surface area (Å²) < 4.78 is 7.29. The lowest BCUT2D eigenvalue weighted by molar-refractivity contribution is 0.0784. The fourth-order valence-electron chi connectivity index (χ4n) is 3.54. The molecule has 0 N–H and O–H groups in total. The Labute approximate surface area is 175 Å². The zero-order valence-electron chi connectivity index (χ0n) is 17.4. The van der Waals surface area contributed by atoms with Crippen LogP contribution in [-0.2, 0) is 13.1 Å². The Morgan fingerprint density at radius 3 is 2.60 bits per heavy atom. The average Bonchev–Trinajstić information content (AvgIpc) is 3.17. The molecule has 0 aliphatic rings. The predicted octanol–water partition coefficient (Wildman–Crippen LogP) is 4.07. The molecule has 4 rings (SSSR count). The lowest BCUT2D eigenvalue weighted by atomic mass is 10.1. The summed E-state index contributed by atoms with van der Waals surface area (Å²) in [6.07, 6.45) is 0. The van der Waals surface area contributed by atoms with E-state index in [9.17, 15) is 4.79 Å². The van der Waals surface area contributed by atoms with Gasteiger partial charge in [0.2, 0.25) is 0 Å². The van der Waals surface area contributed by atoms with E-state index < -0.39 is 0 Å². The van der Waals surface area contributed by atoms with E-state index >= 15 is 0 Å². The monoisotopic (exact) mass is 400 g/mol. The van der Waals surface area contributed by atoms with Crippen molar-refractivity contribution in [2.24, 2.45) is 0 Å². The average molecular weight is 400 g/mol. The molecule has 0 atom stereocenters. The zero-order chi connectivity index (χ0) is 21.1. The maximum absolute atomic E-state index is 12.9. The van der Waals surface area contributed by atoms with Crippen molar-refractivity contribution in [3.8, 4) is 5.75 Å². The van der Waals surface area contributed by atoms with Gasteiger partial charge < -0.3 is 9.64 Å².